The Labute approximate surface area is 112 Å². The van der Waals surface area contributed by atoms with E-state index in [-0.39, 0.29) is 17.3 Å². The smallest absolute Gasteiger partial charge is 0.183 e. The summed E-state index contributed by atoms with van der Waals surface area (Å²) in [6.45, 7) is 2.59. The van der Waals surface area contributed by atoms with Gasteiger partial charge >= 0.3 is 0 Å². The fourth-order valence-electron chi connectivity index (χ4n) is 2.87. The number of nitriles is 1. The summed E-state index contributed by atoms with van der Waals surface area (Å²) in [7, 11) is 0. The molecule has 102 valence electrons. The Balaban J connectivity index is 2.33. The molecule has 2 rings (SSSR count). The molecule has 0 unspecified atom stereocenters. The second-order valence-electron chi connectivity index (χ2n) is 4.95. The molecule has 0 atom stereocenters. The SMILES string of the molecule is CCN(c1ccc(C#N)c(F)c1F)C1CCCCC1. The molecule has 1 aliphatic rings. The van der Waals surface area contributed by atoms with Crippen LogP contribution in [0.1, 0.15) is 44.6 Å². The molecule has 0 aromatic heterocycles. The van der Waals surface area contributed by atoms with E-state index in [1.165, 1.54) is 18.6 Å². The first-order chi connectivity index (χ1) is 9.19. The molecule has 19 heavy (non-hydrogen) atoms. The zero-order valence-corrected chi connectivity index (χ0v) is 11.1. The average Bonchev–Trinajstić information content (AvgIpc) is 2.45. The van der Waals surface area contributed by atoms with Crippen molar-refractivity contribution in [1.29, 1.82) is 5.26 Å². The molecule has 1 saturated carbocycles. The van der Waals surface area contributed by atoms with E-state index >= 15 is 0 Å². The van der Waals surface area contributed by atoms with Gasteiger partial charge in [-0.15, -0.1) is 0 Å². The van der Waals surface area contributed by atoms with E-state index in [9.17, 15) is 8.78 Å². The Morgan fingerprint density at radius 2 is 1.89 bits per heavy atom. The van der Waals surface area contributed by atoms with Gasteiger partial charge in [-0.25, -0.2) is 8.78 Å². The van der Waals surface area contributed by atoms with E-state index in [4.69, 9.17) is 5.26 Å². The lowest BCUT2D eigenvalue weighted by molar-refractivity contribution is 0.411. The maximum Gasteiger partial charge on any atom is 0.183 e. The first-order valence-electron chi connectivity index (χ1n) is 6.83. The molecule has 0 radical (unpaired) electrons. The van der Waals surface area contributed by atoms with E-state index in [1.54, 1.807) is 6.07 Å². The van der Waals surface area contributed by atoms with Gasteiger partial charge < -0.3 is 4.90 Å². The van der Waals surface area contributed by atoms with Crippen LogP contribution in [0.3, 0.4) is 0 Å². The van der Waals surface area contributed by atoms with E-state index in [1.807, 2.05) is 11.8 Å². The lowest BCUT2D eigenvalue weighted by atomic mass is 9.93. The fraction of sp³-hybridized carbons (Fsp3) is 0.533. The third kappa shape index (κ3) is 2.70. The highest BCUT2D eigenvalue weighted by Crippen LogP contribution is 2.30. The summed E-state index contributed by atoms with van der Waals surface area (Å²) >= 11 is 0. The highest BCUT2D eigenvalue weighted by molar-refractivity contribution is 5.52. The third-order valence-electron chi connectivity index (χ3n) is 3.85. The highest BCUT2D eigenvalue weighted by Gasteiger charge is 2.24. The largest absolute Gasteiger partial charge is 0.366 e. The molecular formula is C15H18F2N2. The summed E-state index contributed by atoms with van der Waals surface area (Å²) in [5, 5.41) is 8.71. The van der Waals surface area contributed by atoms with Gasteiger partial charge in [-0.1, -0.05) is 19.3 Å². The maximum absolute atomic E-state index is 14.1. The minimum atomic E-state index is -1.03. The number of hydrogen-bond acceptors (Lipinski definition) is 2. The molecule has 0 N–H and O–H groups in total. The van der Waals surface area contributed by atoms with E-state index < -0.39 is 11.6 Å². The molecule has 0 heterocycles. The second kappa shape index (κ2) is 6.01. The van der Waals surface area contributed by atoms with Gasteiger partial charge in [0.2, 0.25) is 0 Å². The zero-order valence-electron chi connectivity index (χ0n) is 11.1. The van der Waals surface area contributed by atoms with Gasteiger partial charge in [0.15, 0.2) is 11.6 Å². The Morgan fingerprint density at radius 1 is 1.21 bits per heavy atom. The average molecular weight is 264 g/mol. The van der Waals surface area contributed by atoms with Crippen molar-refractivity contribution in [3.63, 3.8) is 0 Å². The summed E-state index contributed by atoms with van der Waals surface area (Å²) in [4.78, 5) is 1.93. The number of nitrogens with zero attached hydrogens (tertiary/aromatic N) is 2. The van der Waals surface area contributed by atoms with Gasteiger partial charge in [-0.05, 0) is 31.9 Å². The summed E-state index contributed by atoms with van der Waals surface area (Å²) in [6, 6.07) is 4.83. The molecule has 0 bridgehead atoms. The Morgan fingerprint density at radius 3 is 2.47 bits per heavy atom. The monoisotopic (exact) mass is 264 g/mol. The first-order valence-corrected chi connectivity index (χ1v) is 6.83. The Kier molecular flexibility index (Phi) is 4.36. The standard InChI is InChI=1S/C15H18F2N2/c1-2-19(12-6-4-3-5-7-12)13-9-8-11(10-18)14(16)15(13)17/h8-9,12H,2-7H2,1H3. The van der Waals surface area contributed by atoms with Crippen molar-refractivity contribution in [2.75, 3.05) is 11.4 Å². The molecule has 4 heteroatoms. The van der Waals surface area contributed by atoms with Crippen molar-refractivity contribution < 1.29 is 8.78 Å². The molecule has 0 saturated heterocycles. The summed E-state index contributed by atoms with van der Waals surface area (Å²) < 4.78 is 27.8. The van der Waals surface area contributed by atoms with E-state index in [0.717, 1.165) is 25.7 Å². The van der Waals surface area contributed by atoms with Crippen LogP contribution in [0, 0.1) is 23.0 Å². The lowest BCUT2D eigenvalue weighted by Crippen LogP contribution is -2.37. The normalized spacial score (nSPS) is 16.1. The van der Waals surface area contributed by atoms with Crippen LogP contribution in [0.4, 0.5) is 14.5 Å². The fourth-order valence-corrected chi connectivity index (χ4v) is 2.87. The van der Waals surface area contributed by atoms with Gasteiger partial charge in [0.05, 0.1) is 11.3 Å². The van der Waals surface area contributed by atoms with Crippen molar-refractivity contribution >= 4 is 5.69 Å². The van der Waals surface area contributed by atoms with Crippen LogP contribution in [0.5, 0.6) is 0 Å². The third-order valence-corrected chi connectivity index (χ3v) is 3.85. The van der Waals surface area contributed by atoms with Crippen molar-refractivity contribution in [2.24, 2.45) is 0 Å². The molecular weight excluding hydrogens is 246 g/mol. The Bertz CT molecular complexity index is 488. The molecule has 1 aromatic carbocycles. The van der Waals surface area contributed by atoms with Gasteiger partial charge in [-0.2, -0.15) is 5.26 Å². The van der Waals surface area contributed by atoms with Gasteiger partial charge in [-0.3, -0.25) is 0 Å². The van der Waals surface area contributed by atoms with Crippen molar-refractivity contribution in [3.8, 4) is 6.07 Å². The number of hydrogen-bond donors (Lipinski definition) is 0. The number of anilines is 1. The van der Waals surface area contributed by atoms with E-state index in [2.05, 4.69) is 0 Å². The molecule has 0 aliphatic heterocycles. The second-order valence-corrected chi connectivity index (χ2v) is 4.95. The van der Waals surface area contributed by atoms with Crippen LogP contribution < -0.4 is 4.90 Å². The van der Waals surface area contributed by atoms with Gasteiger partial charge in [0.1, 0.15) is 6.07 Å². The zero-order chi connectivity index (χ0) is 13.8. The highest BCUT2D eigenvalue weighted by atomic mass is 19.2. The van der Waals surface area contributed by atoms with Crippen molar-refractivity contribution in [1.82, 2.24) is 0 Å². The van der Waals surface area contributed by atoms with Crippen LogP contribution in [-0.2, 0) is 0 Å². The van der Waals surface area contributed by atoms with Crippen LogP contribution >= 0.6 is 0 Å². The predicted octanol–water partition coefficient (Wildman–Crippen LogP) is 4.00. The van der Waals surface area contributed by atoms with Gasteiger partial charge in [0, 0.05) is 12.6 Å². The lowest BCUT2D eigenvalue weighted by Gasteiger charge is -2.35. The summed E-state index contributed by atoms with van der Waals surface area (Å²) in [5.41, 5.74) is 0.0480. The minimum Gasteiger partial charge on any atom is -0.366 e. The van der Waals surface area contributed by atoms with Gasteiger partial charge in [0.25, 0.3) is 0 Å². The first kappa shape index (κ1) is 13.8. The molecule has 1 aliphatic carbocycles. The molecule has 2 nitrogen and oxygen atoms in total. The van der Waals surface area contributed by atoms with Crippen LogP contribution in [0.15, 0.2) is 12.1 Å². The maximum atomic E-state index is 14.1. The topological polar surface area (TPSA) is 27.0 Å². The van der Waals surface area contributed by atoms with Crippen molar-refractivity contribution in [2.45, 2.75) is 45.1 Å². The summed E-state index contributed by atoms with van der Waals surface area (Å²) in [5.74, 6) is -1.93. The molecule has 1 aromatic rings. The predicted molar refractivity (Wildman–Crippen MR) is 71.0 cm³/mol. The Hall–Kier alpha value is -1.63. The number of benzene rings is 1. The molecule has 1 fully saturated rings. The van der Waals surface area contributed by atoms with Crippen LogP contribution in [0.2, 0.25) is 0 Å². The van der Waals surface area contributed by atoms with Crippen LogP contribution in [0.25, 0.3) is 0 Å². The number of rotatable bonds is 3. The van der Waals surface area contributed by atoms with Crippen molar-refractivity contribution in [3.05, 3.63) is 29.3 Å². The molecule has 0 amide bonds. The summed E-state index contributed by atoms with van der Waals surface area (Å²) in [6.07, 6.45) is 5.55. The molecule has 0 spiro atoms. The van der Waals surface area contributed by atoms with E-state index in [0.29, 0.717) is 6.54 Å². The number of halogens is 2. The van der Waals surface area contributed by atoms with Crippen LogP contribution in [-0.4, -0.2) is 12.6 Å². The minimum absolute atomic E-state index is 0.235. The quantitative estimate of drug-likeness (QED) is 0.825.